The van der Waals surface area contributed by atoms with E-state index in [1.165, 1.54) is 0 Å². The van der Waals surface area contributed by atoms with Crippen LogP contribution in [0.2, 0.25) is 0 Å². The third kappa shape index (κ3) is 3.30. The molecule has 0 saturated heterocycles. The molecule has 148 valence electrons. The maximum atomic E-state index is 12.8. The van der Waals surface area contributed by atoms with Crippen LogP contribution in [-0.2, 0) is 10.2 Å². The molecule has 0 atom stereocenters. The molecule has 1 saturated carbocycles. The molecule has 28 heavy (non-hydrogen) atoms. The van der Waals surface area contributed by atoms with E-state index in [2.05, 4.69) is 16.7 Å². The van der Waals surface area contributed by atoms with Gasteiger partial charge < -0.3 is 20.1 Å². The Hall–Kier alpha value is -2.69. The van der Waals surface area contributed by atoms with Gasteiger partial charge >= 0.3 is 0 Å². The van der Waals surface area contributed by atoms with E-state index >= 15 is 0 Å². The van der Waals surface area contributed by atoms with E-state index in [4.69, 9.17) is 9.47 Å². The normalized spacial score (nSPS) is 23.4. The molecule has 0 unspecified atom stereocenters. The fraction of sp³-hybridized carbons (Fsp3) is 0.435. The molecule has 1 spiro atoms. The number of ether oxygens (including phenoxy) is 2. The lowest BCUT2D eigenvalue weighted by molar-refractivity contribution is -0.122. The number of benzene rings is 2. The van der Waals surface area contributed by atoms with E-state index in [0.29, 0.717) is 6.04 Å². The summed E-state index contributed by atoms with van der Waals surface area (Å²) in [5.74, 6) is 1.78. The van der Waals surface area contributed by atoms with Crippen LogP contribution in [-0.4, -0.2) is 25.2 Å². The number of carbonyl (C=O) groups excluding carboxylic acids is 1. The van der Waals surface area contributed by atoms with Crippen molar-refractivity contribution < 1.29 is 14.3 Å². The van der Waals surface area contributed by atoms with E-state index in [1.807, 2.05) is 50.2 Å². The van der Waals surface area contributed by atoms with Gasteiger partial charge in [-0.2, -0.15) is 0 Å². The van der Waals surface area contributed by atoms with Crippen LogP contribution in [0.1, 0.15) is 45.1 Å². The second-order valence-corrected chi connectivity index (χ2v) is 8.03. The summed E-state index contributed by atoms with van der Waals surface area (Å²) >= 11 is 0. The molecule has 1 heterocycles. The van der Waals surface area contributed by atoms with Crippen LogP contribution in [0.15, 0.2) is 42.5 Å². The number of anilines is 2. The Morgan fingerprint density at radius 1 is 1.14 bits per heavy atom. The Morgan fingerprint density at radius 3 is 2.61 bits per heavy atom. The monoisotopic (exact) mass is 380 g/mol. The minimum atomic E-state index is -0.375. The number of para-hydroxylation sites is 1. The van der Waals surface area contributed by atoms with Gasteiger partial charge in [-0.25, -0.2) is 0 Å². The Morgan fingerprint density at radius 2 is 1.89 bits per heavy atom. The number of hydrogen-bond donors (Lipinski definition) is 2. The van der Waals surface area contributed by atoms with Gasteiger partial charge in [0.2, 0.25) is 5.91 Å². The average Bonchev–Trinajstić information content (AvgIpc) is 2.96. The zero-order chi connectivity index (χ0) is 19.7. The third-order valence-corrected chi connectivity index (χ3v) is 5.87. The number of nitrogens with one attached hydrogen (secondary N) is 2. The van der Waals surface area contributed by atoms with Crippen LogP contribution in [0.4, 0.5) is 11.4 Å². The lowest BCUT2D eigenvalue weighted by Crippen LogP contribution is -2.41. The van der Waals surface area contributed by atoms with E-state index < -0.39 is 0 Å². The first kappa shape index (κ1) is 18.7. The van der Waals surface area contributed by atoms with Crippen molar-refractivity contribution >= 4 is 17.3 Å². The van der Waals surface area contributed by atoms with Crippen LogP contribution >= 0.6 is 0 Å². The molecule has 2 N–H and O–H groups in total. The SMILES string of the molecule is COc1ccc(OC(C)C)c(NC2CCC3(CC2)C(=O)Nc2ccccc23)c1. The number of amides is 1. The summed E-state index contributed by atoms with van der Waals surface area (Å²) in [7, 11) is 1.67. The molecule has 4 rings (SSSR count). The largest absolute Gasteiger partial charge is 0.497 e. The van der Waals surface area contributed by atoms with Gasteiger partial charge in [0.25, 0.3) is 0 Å². The zero-order valence-electron chi connectivity index (χ0n) is 16.7. The van der Waals surface area contributed by atoms with Gasteiger partial charge in [0.1, 0.15) is 11.5 Å². The topological polar surface area (TPSA) is 59.6 Å². The van der Waals surface area contributed by atoms with Gasteiger partial charge in [-0.05, 0) is 63.3 Å². The first-order valence-corrected chi connectivity index (χ1v) is 10.0. The maximum Gasteiger partial charge on any atom is 0.235 e. The Balaban J connectivity index is 1.50. The highest BCUT2D eigenvalue weighted by molar-refractivity contribution is 6.06. The Labute approximate surface area is 166 Å². The number of carbonyl (C=O) groups is 1. The molecule has 1 fully saturated rings. The second-order valence-electron chi connectivity index (χ2n) is 8.03. The van der Waals surface area contributed by atoms with Gasteiger partial charge in [-0.3, -0.25) is 4.79 Å². The first-order chi connectivity index (χ1) is 13.5. The number of hydrogen-bond acceptors (Lipinski definition) is 4. The molecular weight excluding hydrogens is 352 g/mol. The quantitative estimate of drug-likeness (QED) is 0.787. The Kier molecular flexibility index (Phi) is 4.92. The fourth-order valence-corrected chi connectivity index (χ4v) is 4.45. The van der Waals surface area contributed by atoms with Crippen molar-refractivity contribution in [2.75, 3.05) is 17.7 Å². The van der Waals surface area contributed by atoms with Crippen molar-refractivity contribution in [3.8, 4) is 11.5 Å². The second kappa shape index (κ2) is 7.38. The molecule has 5 heteroatoms. The van der Waals surface area contributed by atoms with Crippen molar-refractivity contribution in [2.24, 2.45) is 0 Å². The molecule has 2 aliphatic rings. The average molecular weight is 380 g/mol. The van der Waals surface area contributed by atoms with Crippen molar-refractivity contribution in [2.45, 2.75) is 57.1 Å². The molecule has 1 amide bonds. The van der Waals surface area contributed by atoms with Gasteiger partial charge in [-0.1, -0.05) is 18.2 Å². The predicted molar refractivity (Wildman–Crippen MR) is 111 cm³/mol. The fourth-order valence-electron chi connectivity index (χ4n) is 4.45. The summed E-state index contributed by atoms with van der Waals surface area (Å²) in [6.07, 6.45) is 3.65. The van der Waals surface area contributed by atoms with E-state index in [-0.39, 0.29) is 17.4 Å². The summed E-state index contributed by atoms with van der Waals surface area (Å²) < 4.78 is 11.3. The highest BCUT2D eigenvalue weighted by Gasteiger charge is 2.48. The molecular formula is C23H28N2O3. The summed E-state index contributed by atoms with van der Waals surface area (Å²) in [6.45, 7) is 4.04. The van der Waals surface area contributed by atoms with Crippen LogP contribution in [0.5, 0.6) is 11.5 Å². The number of fused-ring (bicyclic) bond motifs is 2. The molecule has 0 aromatic heterocycles. The van der Waals surface area contributed by atoms with Crippen LogP contribution < -0.4 is 20.1 Å². The summed E-state index contributed by atoms with van der Waals surface area (Å²) in [4.78, 5) is 12.8. The van der Waals surface area contributed by atoms with Crippen LogP contribution in [0.25, 0.3) is 0 Å². The number of rotatable bonds is 5. The standard InChI is InChI=1S/C23H28N2O3/c1-15(2)28-21-9-8-17(27-3)14-20(21)24-16-10-12-23(13-11-16)18-6-4-5-7-19(18)25-22(23)26/h4-9,14-16,24H,10-13H2,1-3H3,(H,25,26). The summed E-state index contributed by atoms with van der Waals surface area (Å²) in [5.41, 5.74) is 2.70. The lowest BCUT2D eigenvalue weighted by Gasteiger charge is -2.36. The molecule has 2 aromatic rings. The minimum Gasteiger partial charge on any atom is -0.497 e. The summed E-state index contributed by atoms with van der Waals surface area (Å²) in [5, 5.41) is 6.71. The van der Waals surface area contributed by atoms with Crippen molar-refractivity contribution in [1.29, 1.82) is 0 Å². The van der Waals surface area contributed by atoms with Crippen molar-refractivity contribution in [3.63, 3.8) is 0 Å². The van der Waals surface area contributed by atoms with Crippen LogP contribution in [0.3, 0.4) is 0 Å². The van der Waals surface area contributed by atoms with E-state index in [1.54, 1.807) is 7.11 Å². The highest BCUT2D eigenvalue weighted by atomic mass is 16.5. The minimum absolute atomic E-state index is 0.0993. The van der Waals surface area contributed by atoms with Crippen LogP contribution in [0, 0.1) is 0 Å². The lowest BCUT2D eigenvalue weighted by atomic mass is 9.69. The van der Waals surface area contributed by atoms with Gasteiger partial charge in [0, 0.05) is 17.8 Å². The maximum absolute atomic E-state index is 12.8. The molecule has 1 aliphatic carbocycles. The Bertz CT molecular complexity index is 870. The first-order valence-electron chi connectivity index (χ1n) is 10.0. The van der Waals surface area contributed by atoms with Crippen molar-refractivity contribution in [3.05, 3.63) is 48.0 Å². The van der Waals surface area contributed by atoms with E-state index in [0.717, 1.165) is 54.1 Å². The zero-order valence-corrected chi connectivity index (χ0v) is 16.7. The molecule has 0 bridgehead atoms. The third-order valence-electron chi connectivity index (χ3n) is 5.87. The number of methoxy groups -OCH3 is 1. The van der Waals surface area contributed by atoms with Gasteiger partial charge in [0.05, 0.1) is 24.3 Å². The molecule has 0 radical (unpaired) electrons. The predicted octanol–water partition coefficient (Wildman–Crippen LogP) is 4.73. The van der Waals surface area contributed by atoms with Gasteiger partial charge in [-0.15, -0.1) is 0 Å². The smallest absolute Gasteiger partial charge is 0.235 e. The van der Waals surface area contributed by atoms with Crippen molar-refractivity contribution in [1.82, 2.24) is 0 Å². The van der Waals surface area contributed by atoms with Gasteiger partial charge in [0.15, 0.2) is 0 Å². The molecule has 5 nitrogen and oxygen atoms in total. The van der Waals surface area contributed by atoms with E-state index in [9.17, 15) is 4.79 Å². The highest BCUT2D eigenvalue weighted by Crippen LogP contribution is 2.48. The molecule has 2 aromatic carbocycles. The summed E-state index contributed by atoms with van der Waals surface area (Å²) in [6, 6.07) is 14.2. The molecule has 1 aliphatic heterocycles.